The van der Waals surface area contributed by atoms with E-state index in [1.807, 2.05) is 6.92 Å². The Morgan fingerprint density at radius 2 is 2.18 bits per heavy atom. The zero-order valence-electron chi connectivity index (χ0n) is 6.87. The van der Waals surface area contributed by atoms with Gasteiger partial charge in [0.2, 0.25) is 0 Å². The van der Waals surface area contributed by atoms with Crippen LogP contribution in [-0.4, -0.2) is 19.9 Å². The lowest BCUT2D eigenvalue weighted by atomic mass is 10.5. The Hall–Kier alpha value is 0.130. The number of terminal acetylenes is 1. The van der Waals surface area contributed by atoms with E-state index in [4.69, 9.17) is 27.3 Å². The Balaban J connectivity index is 3.64. The van der Waals surface area contributed by atoms with Crippen molar-refractivity contribution in [3.8, 4) is 12.3 Å². The second kappa shape index (κ2) is 5.74. The molecule has 0 saturated heterocycles. The Labute approximate surface area is 73.4 Å². The van der Waals surface area contributed by atoms with Crippen molar-refractivity contribution in [2.24, 2.45) is 0 Å². The molecule has 0 spiro atoms. The molecule has 11 heavy (non-hydrogen) atoms. The van der Waals surface area contributed by atoms with E-state index in [0.717, 1.165) is 6.42 Å². The zero-order chi connectivity index (χ0) is 8.74. The third-order valence-corrected chi connectivity index (χ3v) is 2.79. The van der Waals surface area contributed by atoms with Gasteiger partial charge in [-0.25, -0.2) is 0 Å². The van der Waals surface area contributed by atoms with Crippen molar-refractivity contribution in [3.05, 3.63) is 0 Å². The first-order chi connectivity index (χ1) is 5.12. The first-order valence-corrected chi connectivity index (χ1v) is 6.51. The van der Waals surface area contributed by atoms with Crippen LogP contribution in [-0.2, 0) is 20.9 Å². The molecule has 0 aromatic heterocycles. The van der Waals surface area contributed by atoms with Crippen LogP contribution in [0, 0.1) is 12.3 Å². The maximum Gasteiger partial charge on any atom is 0.186 e. The van der Waals surface area contributed by atoms with Gasteiger partial charge in [0.15, 0.2) is 6.49 Å². The van der Waals surface area contributed by atoms with Crippen LogP contribution in [0.1, 0.15) is 13.3 Å². The molecule has 0 amide bonds. The van der Waals surface area contributed by atoms with Crippen molar-refractivity contribution < 1.29 is 9.05 Å². The minimum Gasteiger partial charge on any atom is -0.329 e. The van der Waals surface area contributed by atoms with Gasteiger partial charge >= 0.3 is 0 Å². The molecule has 1 unspecified atom stereocenters. The Bertz CT molecular complexity index is 185. The van der Waals surface area contributed by atoms with Gasteiger partial charge in [-0.15, -0.1) is 6.42 Å². The molecule has 0 fully saturated rings. The summed E-state index contributed by atoms with van der Waals surface area (Å²) in [6, 6.07) is 0. The lowest BCUT2D eigenvalue weighted by Crippen LogP contribution is -1.95. The van der Waals surface area contributed by atoms with Crippen molar-refractivity contribution in [1.29, 1.82) is 0 Å². The summed E-state index contributed by atoms with van der Waals surface area (Å²) in [6.07, 6.45) is 5.96. The van der Waals surface area contributed by atoms with Crippen LogP contribution in [0.2, 0.25) is 0 Å². The summed E-state index contributed by atoms with van der Waals surface area (Å²) in [4.78, 5) is 0. The molecule has 0 radical (unpaired) electrons. The molecular formula is C7H13O2PS. The molecule has 0 aliphatic carbocycles. The van der Waals surface area contributed by atoms with Crippen molar-refractivity contribution in [1.82, 2.24) is 0 Å². The zero-order valence-corrected chi connectivity index (χ0v) is 8.58. The minimum atomic E-state index is -2.03. The van der Waals surface area contributed by atoms with E-state index < -0.39 is 6.49 Å². The van der Waals surface area contributed by atoms with E-state index in [1.54, 1.807) is 6.66 Å². The maximum atomic E-state index is 5.29. The molecule has 0 rings (SSSR count). The molecule has 0 saturated carbocycles. The van der Waals surface area contributed by atoms with Crippen LogP contribution in [0.15, 0.2) is 0 Å². The van der Waals surface area contributed by atoms with Gasteiger partial charge in [-0.05, 0) is 18.2 Å². The van der Waals surface area contributed by atoms with Gasteiger partial charge in [-0.3, -0.25) is 0 Å². The summed E-state index contributed by atoms with van der Waals surface area (Å²) in [7, 11) is 0. The van der Waals surface area contributed by atoms with Crippen LogP contribution < -0.4 is 0 Å². The highest BCUT2D eigenvalue weighted by Gasteiger charge is 2.08. The molecule has 0 aliphatic heterocycles. The molecule has 0 aromatic rings. The monoisotopic (exact) mass is 192 g/mol. The molecule has 0 aromatic carbocycles. The molecule has 0 bridgehead atoms. The molecule has 64 valence electrons. The largest absolute Gasteiger partial charge is 0.329 e. The second-order valence-electron chi connectivity index (χ2n) is 2.08. The predicted octanol–water partition coefficient (Wildman–Crippen LogP) is 2.00. The maximum absolute atomic E-state index is 5.29. The van der Waals surface area contributed by atoms with Crippen molar-refractivity contribution in [3.63, 3.8) is 0 Å². The summed E-state index contributed by atoms with van der Waals surface area (Å²) in [5, 5.41) is 0. The molecule has 4 heteroatoms. The van der Waals surface area contributed by atoms with E-state index in [2.05, 4.69) is 5.92 Å². The fourth-order valence-electron chi connectivity index (χ4n) is 0.449. The summed E-state index contributed by atoms with van der Waals surface area (Å²) in [5.41, 5.74) is 0. The Morgan fingerprint density at radius 1 is 1.55 bits per heavy atom. The quantitative estimate of drug-likeness (QED) is 0.490. The van der Waals surface area contributed by atoms with E-state index in [0.29, 0.717) is 6.61 Å². The first kappa shape index (κ1) is 11.1. The van der Waals surface area contributed by atoms with Gasteiger partial charge in [0, 0.05) is 6.66 Å². The molecular weight excluding hydrogens is 179 g/mol. The normalized spacial score (nSPS) is 15.4. The number of hydrogen-bond donors (Lipinski definition) is 0. The van der Waals surface area contributed by atoms with E-state index >= 15 is 0 Å². The lowest BCUT2D eigenvalue weighted by Gasteiger charge is -2.15. The van der Waals surface area contributed by atoms with E-state index in [-0.39, 0.29) is 6.61 Å². The molecule has 0 aliphatic rings. The highest BCUT2D eigenvalue weighted by Crippen LogP contribution is 2.43. The second-order valence-corrected chi connectivity index (χ2v) is 6.13. The Morgan fingerprint density at radius 3 is 2.64 bits per heavy atom. The van der Waals surface area contributed by atoms with Crippen LogP contribution in [0.3, 0.4) is 0 Å². The third-order valence-electron chi connectivity index (χ3n) is 0.912. The highest BCUT2D eigenvalue weighted by atomic mass is 32.5. The van der Waals surface area contributed by atoms with E-state index in [1.165, 1.54) is 0 Å². The summed E-state index contributed by atoms with van der Waals surface area (Å²) in [6.45, 7) is 2.68. The summed E-state index contributed by atoms with van der Waals surface area (Å²) in [5.74, 6) is 2.36. The summed E-state index contributed by atoms with van der Waals surface area (Å²) >= 11 is 5.05. The van der Waals surface area contributed by atoms with Gasteiger partial charge in [0.05, 0.1) is 6.61 Å². The van der Waals surface area contributed by atoms with E-state index in [9.17, 15) is 0 Å². The van der Waals surface area contributed by atoms with Crippen molar-refractivity contribution >= 4 is 18.3 Å². The van der Waals surface area contributed by atoms with Crippen LogP contribution in [0.25, 0.3) is 0 Å². The standard InChI is InChI=1S/C7H13O2PS/c1-4-6-8-10(3,11)9-7-5-2/h1H,5-7H2,2-3H3. The van der Waals surface area contributed by atoms with Crippen molar-refractivity contribution in [2.75, 3.05) is 19.9 Å². The van der Waals surface area contributed by atoms with Gasteiger partial charge in [0.25, 0.3) is 0 Å². The lowest BCUT2D eigenvalue weighted by molar-refractivity contribution is 0.271. The van der Waals surface area contributed by atoms with Gasteiger partial charge in [-0.1, -0.05) is 12.8 Å². The van der Waals surface area contributed by atoms with Crippen LogP contribution in [0.5, 0.6) is 0 Å². The average molecular weight is 192 g/mol. The molecule has 0 N–H and O–H groups in total. The molecule has 2 nitrogen and oxygen atoms in total. The first-order valence-electron chi connectivity index (χ1n) is 3.42. The van der Waals surface area contributed by atoms with Crippen LogP contribution >= 0.6 is 6.49 Å². The number of hydrogen-bond acceptors (Lipinski definition) is 3. The fourth-order valence-corrected chi connectivity index (χ4v) is 1.73. The SMILES string of the molecule is C#CCOP(C)(=S)OCCC. The van der Waals surface area contributed by atoms with Gasteiger partial charge < -0.3 is 9.05 Å². The highest BCUT2D eigenvalue weighted by molar-refractivity contribution is 8.09. The minimum absolute atomic E-state index is 0.248. The third kappa shape index (κ3) is 6.52. The predicted molar refractivity (Wildman–Crippen MR) is 51.2 cm³/mol. The average Bonchev–Trinajstić information content (AvgIpc) is 1.97. The fraction of sp³-hybridized carbons (Fsp3) is 0.714. The summed E-state index contributed by atoms with van der Waals surface area (Å²) < 4.78 is 10.4. The van der Waals surface area contributed by atoms with Crippen molar-refractivity contribution in [2.45, 2.75) is 13.3 Å². The Kier molecular flexibility index (Phi) is 5.81. The van der Waals surface area contributed by atoms with Gasteiger partial charge in [-0.2, -0.15) is 0 Å². The topological polar surface area (TPSA) is 18.5 Å². The molecule has 0 heterocycles. The van der Waals surface area contributed by atoms with Gasteiger partial charge in [0.1, 0.15) is 6.61 Å². The van der Waals surface area contributed by atoms with Crippen LogP contribution in [0.4, 0.5) is 0 Å². The number of rotatable bonds is 5. The smallest absolute Gasteiger partial charge is 0.186 e. The molecule has 1 atom stereocenters.